The number of carboxylic acids is 1. The molecule has 0 aliphatic carbocycles. The molecule has 1 aromatic carbocycles. The Morgan fingerprint density at radius 1 is 1.15 bits per heavy atom. The van der Waals surface area contributed by atoms with Crippen molar-refractivity contribution in [3.8, 4) is 0 Å². The molecule has 1 aromatic rings. The summed E-state index contributed by atoms with van der Waals surface area (Å²) in [6, 6.07) is 5.15. The van der Waals surface area contributed by atoms with Gasteiger partial charge in [-0.05, 0) is 17.7 Å². The Balaban J connectivity index is 0.000000412. The molecule has 0 aromatic heterocycles. The highest BCUT2D eigenvalue weighted by Gasteiger charge is 2.38. The molecule has 1 fully saturated rings. The van der Waals surface area contributed by atoms with Gasteiger partial charge in [-0.2, -0.15) is 26.3 Å². The molecule has 1 aliphatic heterocycles. The van der Waals surface area contributed by atoms with E-state index in [0.717, 1.165) is 30.8 Å². The number of aliphatic carboxylic acids is 1. The lowest BCUT2D eigenvalue weighted by atomic mass is 10.0. The van der Waals surface area contributed by atoms with Crippen LogP contribution in [-0.2, 0) is 15.7 Å². The van der Waals surface area contributed by atoms with Crippen LogP contribution in [0.5, 0.6) is 0 Å². The molecule has 1 saturated heterocycles. The first-order chi connectivity index (χ1) is 11.9. The number of hydrogen-bond acceptors (Lipinski definition) is 3. The molecule has 0 spiro atoms. The fourth-order valence-corrected chi connectivity index (χ4v) is 2.14. The van der Waals surface area contributed by atoms with Gasteiger partial charge in [0.05, 0.1) is 11.7 Å². The number of halogens is 6. The van der Waals surface area contributed by atoms with Crippen LogP contribution in [-0.4, -0.2) is 43.6 Å². The Kier molecular flexibility index (Phi) is 7.64. The largest absolute Gasteiger partial charge is 0.490 e. The van der Waals surface area contributed by atoms with E-state index < -0.39 is 23.9 Å². The van der Waals surface area contributed by atoms with Crippen LogP contribution in [0.3, 0.4) is 0 Å². The van der Waals surface area contributed by atoms with Crippen molar-refractivity contribution in [3.63, 3.8) is 0 Å². The van der Waals surface area contributed by atoms with Crippen molar-refractivity contribution in [3.05, 3.63) is 41.5 Å². The molecule has 26 heavy (non-hydrogen) atoms. The van der Waals surface area contributed by atoms with Gasteiger partial charge in [-0.1, -0.05) is 24.3 Å². The number of hydrogen-bond donors (Lipinski definition) is 2. The predicted molar refractivity (Wildman–Crippen MR) is 81.3 cm³/mol. The van der Waals surface area contributed by atoms with Gasteiger partial charge >= 0.3 is 18.3 Å². The van der Waals surface area contributed by atoms with Crippen molar-refractivity contribution in [1.29, 1.82) is 0 Å². The molecule has 0 radical (unpaired) electrons. The number of nitrogens with one attached hydrogen (secondary N) is 1. The number of carboxylic acid groups (broad SMARTS) is 1. The van der Waals surface area contributed by atoms with E-state index in [1.165, 1.54) is 12.1 Å². The first-order valence-electron chi connectivity index (χ1n) is 7.34. The van der Waals surface area contributed by atoms with Crippen LogP contribution in [0.2, 0.25) is 0 Å². The van der Waals surface area contributed by atoms with Crippen molar-refractivity contribution in [2.75, 3.05) is 20.2 Å². The lowest BCUT2D eigenvalue weighted by Gasteiger charge is -2.12. The van der Waals surface area contributed by atoms with E-state index >= 15 is 0 Å². The summed E-state index contributed by atoms with van der Waals surface area (Å²) in [5.41, 5.74) is 0.136. The van der Waals surface area contributed by atoms with Gasteiger partial charge in [0.15, 0.2) is 0 Å². The normalized spacial score (nSPS) is 20.7. The third-order valence-corrected chi connectivity index (χ3v) is 3.52. The predicted octanol–water partition coefficient (Wildman–Crippen LogP) is 3.59. The van der Waals surface area contributed by atoms with Gasteiger partial charge in [0.25, 0.3) is 0 Å². The zero-order chi connectivity index (χ0) is 20.0. The van der Waals surface area contributed by atoms with Crippen LogP contribution in [0.15, 0.2) is 30.3 Å². The molecular formula is C16H17F6NO3. The highest BCUT2D eigenvalue weighted by Crippen LogP contribution is 2.29. The van der Waals surface area contributed by atoms with E-state index in [1.807, 2.05) is 12.2 Å². The third-order valence-electron chi connectivity index (χ3n) is 3.52. The molecule has 4 nitrogen and oxygen atoms in total. The maximum Gasteiger partial charge on any atom is 0.490 e. The van der Waals surface area contributed by atoms with Gasteiger partial charge in [0, 0.05) is 26.1 Å². The standard InChI is InChI=1S/C14H16F3NO.C2HF3O2/c1-19-13-9-18-8-11(13)5-2-10-3-6-12(7-4-10)14(15,16)17;3-2(4,5)1(6)7/h2-7,11,13,18H,8-9H2,1H3;(H,6,7)/b5-2+;. The van der Waals surface area contributed by atoms with Crippen molar-refractivity contribution < 1.29 is 41.0 Å². The first-order valence-corrected chi connectivity index (χ1v) is 7.34. The summed E-state index contributed by atoms with van der Waals surface area (Å²) in [6.07, 6.45) is -5.41. The first kappa shape index (κ1) is 22.0. The lowest BCUT2D eigenvalue weighted by Crippen LogP contribution is -2.21. The van der Waals surface area contributed by atoms with Crippen molar-refractivity contribution in [1.82, 2.24) is 5.32 Å². The summed E-state index contributed by atoms with van der Waals surface area (Å²) in [5.74, 6) is -2.50. The van der Waals surface area contributed by atoms with E-state index in [4.69, 9.17) is 14.6 Å². The van der Waals surface area contributed by atoms with E-state index in [0.29, 0.717) is 0 Å². The molecule has 2 atom stereocenters. The van der Waals surface area contributed by atoms with E-state index in [9.17, 15) is 26.3 Å². The maximum atomic E-state index is 12.4. The summed E-state index contributed by atoms with van der Waals surface area (Å²) in [6.45, 7) is 1.63. The highest BCUT2D eigenvalue weighted by molar-refractivity contribution is 5.73. The van der Waals surface area contributed by atoms with Crippen LogP contribution in [0.1, 0.15) is 11.1 Å². The SMILES string of the molecule is COC1CNCC1/C=C/c1ccc(C(F)(F)F)cc1.O=C(O)C(F)(F)F. The summed E-state index contributed by atoms with van der Waals surface area (Å²) in [7, 11) is 1.66. The number of alkyl halides is 6. The second-order valence-corrected chi connectivity index (χ2v) is 5.38. The monoisotopic (exact) mass is 385 g/mol. The molecule has 1 heterocycles. The summed E-state index contributed by atoms with van der Waals surface area (Å²) in [4.78, 5) is 8.90. The molecule has 2 N–H and O–H groups in total. The Morgan fingerprint density at radius 3 is 2.12 bits per heavy atom. The molecule has 0 bridgehead atoms. The van der Waals surface area contributed by atoms with Crippen LogP contribution < -0.4 is 5.32 Å². The number of carbonyl (C=O) groups is 1. The molecule has 1 aliphatic rings. The fraction of sp³-hybridized carbons (Fsp3) is 0.438. The van der Waals surface area contributed by atoms with E-state index in [1.54, 1.807) is 7.11 Å². The average Bonchev–Trinajstić information content (AvgIpc) is 2.99. The van der Waals surface area contributed by atoms with Gasteiger partial charge in [-0.3, -0.25) is 0 Å². The highest BCUT2D eigenvalue weighted by atomic mass is 19.4. The van der Waals surface area contributed by atoms with Gasteiger partial charge in [-0.25, -0.2) is 4.79 Å². The van der Waals surface area contributed by atoms with Crippen molar-refractivity contribution >= 4 is 12.0 Å². The Hall–Kier alpha value is -2.07. The zero-order valence-electron chi connectivity index (χ0n) is 13.6. The fourth-order valence-electron chi connectivity index (χ4n) is 2.14. The average molecular weight is 385 g/mol. The maximum absolute atomic E-state index is 12.4. The molecule has 0 saturated carbocycles. The molecule has 2 rings (SSSR count). The quantitative estimate of drug-likeness (QED) is 0.781. The minimum absolute atomic E-state index is 0.130. The molecular weight excluding hydrogens is 368 g/mol. The van der Waals surface area contributed by atoms with Crippen LogP contribution in [0, 0.1) is 5.92 Å². The van der Waals surface area contributed by atoms with E-state index in [-0.39, 0.29) is 12.0 Å². The summed E-state index contributed by atoms with van der Waals surface area (Å²) < 4.78 is 74.3. The Morgan fingerprint density at radius 2 is 1.69 bits per heavy atom. The number of benzene rings is 1. The number of ether oxygens (including phenoxy) is 1. The Bertz CT molecular complexity index is 610. The van der Waals surface area contributed by atoms with Crippen molar-refractivity contribution in [2.45, 2.75) is 18.5 Å². The second kappa shape index (κ2) is 9.04. The summed E-state index contributed by atoms with van der Waals surface area (Å²) >= 11 is 0. The Labute approximate surface area is 145 Å². The van der Waals surface area contributed by atoms with Crippen molar-refractivity contribution in [2.24, 2.45) is 5.92 Å². The minimum atomic E-state index is -5.08. The van der Waals surface area contributed by atoms with Crippen LogP contribution in [0.4, 0.5) is 26.3 Å². The zero-order valence-corrected chi connectivity index (χ0v) is 13.6. The van der Waals surface area contributed by atoms with Crippen LogP contribution >= 0.6 is 0 Å². The molecule has 0 amide bonds. The lowest BCUT2D eigenvalue weighted by molar-refractivity contribution is -0.192. The second-order valence-electron chi connectivity index (χ2n) is 5.38. The number of rotatable bonds is 3. The van der Waals surface area contributed by atoms with Gasteiger partial charge in [0.2, 0.25) is 0 Å². The smallest absolute Gasteiger partial charge is 0.475 e. The van der Waals surface area contributed by atoms with Gasteiger partial charge < -0.3 is 15.2 Å². The minimum Gasteiger partial charge on any atom is -0.475 e. The van der Waals surface area contributed by atoms with Crippen LogP contribution in [0.25, 0.3) is 6.08 Å². The molecule has 10 heteroatoms. The topological polar surface area (TPSA) is 58.6 Å². The summed E-state index contributed by atoms with van der Waals surface area (Å²) in [5, 5.41) is 10.3. The van der Waals surface area contributed by atoms with E-state index in [2.05, 4.69) is 5.32 Å². The van der Waals surface area contributed by atoms with Gasteiger partial charge in [-0.15, -0.1) is 0 Å². The molecule has 2 unspecified atom stereocenters. The third kappa shape index (κ3) is 7.04. The number of methoxy groups -OCH3 is 1. The van der Waals surface area contributed by atoms with Gasteiger partial charge in [0.1, 0.15) is 0 Å². The molecule has 146 valence electrons.